The van der Waals surface area contributed by atoms with E-state index in [4.69, 9.17) is 18.5 Å². The van der Waals surface area contributed by atoms with Crippen molar-refractivity contribution in [3.05, 3.63) is 79.0 Å². The van der Waals surface area contributed by atoms with Crippen LogP contribution in [0.1, 0.15) is 38.1 Å². The van der Waals surface area contributed by atoms with Crippen LogP contribution in [-0.2, 0) is 18.5 Å². The highest BCUT2D eigenvalue weighted by atomic mass is 31.2. The second-order valence-corrected chi connectivity index (χ2v) is 17.7. The maximum absolute atomic E-state index is 6.98. The van der Waals surface area contributed by atoms with Gasteiger partial charge < -0.3 is 18.5 Å². The number of imidazole rings is 1. The van der Waals surface area contributed by atoms with Gasteiger partial charge in [-0.25, -0.2) is 19.6 Å². The molecule has 4 aromatic rings. The van der Waals surface area contributed by atoms with Crippen LogP contribution >= 0.6 is 8.53 Å². The van der Waals surface area contributed by atoms with E-state index in [1.54, 1.807) is 19.8 Å². The van der Waals surface area contributed by atoms with Gasteiger partial charge in [-0.15, -0.1) is 0 Å². The molecule has 3 aliphatic heterocycles. The van der Waals surface area contributed by atoms with E-state index in [0.717, 1.165) is 48.7 Å². The van der Waals surface area contributed by atoms with Gasteiger partial charge in [-0.05, 0) is 32.2 Å². The third kappa shape index (κ3) is 5.17. The van der Waals surface area contributed by atoms with E-state index in [1.807, 2.05) is 11.5 Å². The molecule has 0 aliphatic carbocycles. The van der Waals surface area contributed by atoms with Crippen LogP contribution in [0, 0.1) is 6.92 Å². The summed E-state index contributed by atoms with van der Waals surface area (Å²) >= 11 is 0. The Morgan fingerprint density at radius 3 is 2.37 bits per heavy atom. The predicted octanol–water partition coefficient (Wildman–Crippen LogP) is 4.83. The van der Waals surface area contributed by atoms with Gasteiger partial charge in [0.15, 0.2) is 11.9 Å². The summed E-state index contributed by atoms with van der Waals surface area (Å²) in [4.78, 5) is 13.4. The summed E-state index contributed by atoms with van der Waals surface area (Å²) in [5.41, 5.74) is 2.35. The molecule has 7 atom stereocenters. The largest absolute Gasteiger partial charge is 0.374 e. The molecule has 0 radical (unpaired) electrons. The summed E-state index contributed by atoms with van der Waals surface area (Å²) in [7, 11) is -1.62. The van der Waals surface area contributed by atoms with Crippen molar-refractivity contribution < 1.29 is 18.5 Å². The smallest absolute Gasteiger partial charge is 0.259 e. The minimum absolute atomic E-state index is 0.113. The van der Waals surface area contributed by atoms with Crippen LogP contribution in [0.2, 0.25) is 12.6 Å². The molecule has 2 aromatic carbocycles. The average Bonchev–Trinajstić information content (AvgIpc) is 3.83. The summed E-state index contributed by atoms with van der Waals surface area (Å²) < 4.78 is 31.2. The molecule has 226 valence electrons. The van der Waals surface area contributed by atoms with Gasteiger partial charge >= 0.3 is 0 Å². The van der Waals surface area contributed by atoms with Gasteiger partial charge in [0.05, 0.1) is 24.2 Å². The van der Waals surface area contributed by atoms with E-state index >= 15 is 0 Å². The molecule has 43 heavy (non-hydrogen) atoms. The molecule has 11 heteroatoms. The zero-order valence-electron chi connectivity index (χ0n) is 25.2. The molecule has 3 fully saturated rings. The van der Waals surface area contributed by atoms with Crippen LogP contribution in [0.5, 0.6) is 0 Å². The molecule has 3 saturated heterocycles. The lowest BCUT2D eigenvalue weighted by Crippen LogP contribution is -2.58. The Morgan fingerprint density at radius 1 is 0.977 bits per heavy atom. The zero-order chi connectivity index (χ0) is 29.6. The van der Waals surface area contributed by atoms with Crippen molar-refractivity contribution in [2.45, 2.75) is 82.4 Å². The fourth-order valence-corrected chi connectivity index (χ4v) is 13.2. The highest BCUT2D eigenvalue weighted by Crippen LogP contribution is 2.59. The molecule has 9 nitrogen and oxygen atoms in total. The van der Waals surface area contributed by atoms with Crippen LogP contribution < -0.4 is 10.4 Å². The number of nitrogens with zero attached hydrogens (tertiary/aromatic N) is 5. The van der Waals surface area contributed by atoms with Crippen LogP contribution in [0.3, 0.4) is 0 Å². The van der Waals surface area contributed by atoms with E-state index in [-0.39, 0.29) is 24.4 Å². The Morgan fingerprint density at radius 2 is 1.70 bits per heavy atom. The van der Waals surface area contributed by atoms with Crippen molar-refractivity contribution in [1.29, 1.82) is 0 Å². The van der Waals surface area contributed by atoms with Crippen LogP contribution in [0.15, 0.2) is 73.3 Å². The Labute approximate surface area is 255 Å². The van der Waals surface area contributed by atoms with Gasteiger partial charge in [-0.3, -0.25) is 4.57 Å². The molecule has 0 N–H and O–H groups in total. The summed E-state index contributed by atoms with van der Waals surface area (Å²) in [6.07, 6.45) is 5.39. The summed E-state index contributed by atoms with van der Waals surface area (Å²) in [5.74, 6) is 0. The molecular formula is C32H40N5O4PSi. The first kappa shape index (κ1) is 29.2. The first-order valence-electron chi connectivity index (χ1n) is 15.4. The van der Waals surface area contributed by atoms with Crippen LogP contribution in [0.25, 0.3) is 11.2 Å². The fraction of sp³-hybridized carbons (Fsp3) is 0.469. The topological polar surface area (TPSA) is 83.8 Å². The number of benzene rings is 2. The maximum atomic E-state index is 6.98. The minimum Gasteiger partial charge on any atom is -0.374 e. The van der Waals surface area contributed by atoms with Crippen LogP contribution in [-0.4, -0.2) is 76.4 Å². The molecule has 0 bridgehead atoms. The number of aromatic nitrogens is 4. The maximum Gasteiger partial charge on any atom is 0.259 e. The Kier molecular flexibility index (Phi) is 8.20. The lowest BCUT2D eigenvalue weighted by atomic mass is 10.1. The normalized spacial score (nSPS) is 29.4. The van der Waals surface area contributed by atoms with E-state index in [2.05, 4.69) is 93.8 Å². The van der Waals surface area contributed by atoms with Gasteiger partial charge in [0.25, 0.3) is 8.53 Å². The standard InChI is InChI=1S/C32H40N5O4PSi/c1-5-26-29(30(38-3)32(39-26)36-21-35-28-22(2)33-20-34-31(28)36)41-42-37-18-12-17-25(37)27(40-42)19-43(4,23-13-8-6-9-14-23)24-15-10-7-11-16-24/h6-11,13-16,20-21,25-27,29-30,32H,5,12,17-19H2,1-4H3/t25-,26+,27+,29?,30-,32+,42+/m0/s1. The number of fused-ring (bicyclic) bond motifs is 2. The molecule has 2 aromatic heterocycles. The van der Waals surface area contributed by atoms with Gasteiger partial charge in [-0.2, -0.15) is 0 Å². The van der Waals surface area contributed by atoms with Gasteiger partial charge in [0.2, 0.25) is 0 Å². The minimum atomic E-state index is -2.09. The van der Waals surface area contributed by atoms with E-state index < -0.39 is 22.8 Å². The van der Waals surface area contributed by atoms with Gasteiger partial charge in [0, 0.05) is 19.7 Å². The van der Waals surface area contributed by atoms with Gasteiger partial charge in [-0.1, -0.05) is 84.5 Å². The Bertz CT molecular complexity index is 1510. The Hall–Kier alpha value is -2.56. The molecule has 3 aliphatic rings. The second kappa shape index (κ2) is 12.1. The molecule has 0 spiro atoms. The summed E-state index contributed by atoms with van der Waals surface area (Å²) in [6.45, 7) is 7.56. The monoisotopic (exact) mass is 617 g/mol. The van der Waals surface area contributed by atoms with Crippen molar-refractivity contribution in [2.75, 3.05) is 13.7 Å². The third-order valence-electron chi connectivity index (χ3n) is 9.55. The molecular weight excluding hydrogens is 577 g/mol. The average molecular weight is 618 g/mol. The number of ether oxygens (including phenoxy) is 2. The number of hydrogen-bond donors (Lipinski definition) is 0. The first-order chi connectivity index (χ1) is 21.0. The zero-order valence-corrected chi connectivity index (χ0v) is 27.1. The number of methoxy groups -OCH3 is 1. The van der Waals surface area contributed by atoms with Crippen molar-refractivity contribution >= 4 is 38.1 Å². The van der Waals surface area contributed by atoms with Crippen molar-refractivity contribution in [2.24, 2.45) is 0 Å². The fourth-order valence-electron chi connectivity index (χ4n) is 7.18. The third-order valence-corrected chi connectivity index (χ3v) is 15.8. The SMILES string of the molecule is CC[C@H]1O[C@@H](n2cnc3c(C)ncnc32)[C@@H](OC)C1O[P@@]1O[C@H](C[Si](C)(c2ccccc2)c2ccccc2)[C@@H]2CCCN21. The van der Waals surface area contributed by atoms with E-state index in [9.17, 15) is 0 Å². The predicted molar refractivity (Wildman–Crippen MR) is 170 cm³/mol. The van der Waals surface area contributed by atoms with E-state index in [1.165, 1.54) is 10.4 Å². The molecule has 5 heterocycles. The first-order valence-corrected chi connectivity index (χ1v) is 19.2. The number of hydrogen-bond acceptors (Lipinski definition) is 8. The van der Waals surface area contributed by atoms with Crippen molar-refractivity contribution in [3.8, 4) is 0 Å². The quantitative estimate of drug-likeness (QED) is 0.195. The van der Waals surface area contributed by atoms with Crippen molar-refractivity contribution in [3.63, 3.8) is 0 Å². The molecule has 7 rings (SSSR count). The highest BCUT2D eigenvalue weighted by molar-refractivity contribution is 7.45. The van der Waals surface area contributed by atoms with Crippen molar-refractivity contribution in [1.82, 2.24) is 24.2 Å². The second-order valence-electron chi connectivity index (χ2n) is 12.0. The molecule has 0 amide bonds. The summed E-state index contributed by atoms with van der Waals surface area (Å²) in [5, 5.41) is 2.88. The van der Waals surface area contributed by atoms with Gasteiger partial charge in [0.1, 0.15) is 32.1 Å². The lowest BCUT2D eigenvalue weighted by molar-refractivity contribution is -0.0493. The Balaban J connectivity index is 1.15. The molecule has 1 unspecified atom stereocenters. The summed E-state index contributed by atoms with van der Waals surface area (Å²) in [6, 6.07) is 23.5. The molecule has 0 saturated carbocycles. The lowest BCUT2D eigenvalue weighted by Gasteiger charge is -2.32. The number of rotatable bonds is 9. The highest BCUT2D eigenvalue weighted by Gasteiger charge is 2.54. The van der Waals surface area contributed by atoms with Crippen LogP contribution in [0.4, 0.5) is 0 Å². The number of aryl methyl sites for hydroxylation is 1. The van der Waals surface area contributed by atoms with E-state index in [0.29, 0.717) is 6.04 Å².